The van der Waals surface area contributed by atoms with Crippen LogP contribution in [0, 0.1) is 0 Å². The van der Waals surface area contributed by atoms with Gasteiger partial charge in [-0.3, -0.25) is 19.2 Å². The third kappa shape index (κ3) is 5.44. The van der Waals surface area contributed by atoms with Crippen LogP contribution in [0.3, 0.4) is 0 Å². The van der Waals surface area contributed by atoms with Crippen LogP contribution in [0.15, 0.2) is 77.5 Å². The summed E-state index contributed by atoms with van der Waals surface area (Å²) in [4.78, 5) is 55.4. The Bertz CT molecular complexity index is 1400. The highest BCUT2D eigenvalue weighted by Crippen LogP contribution is 2.29. The highest BCUT2D eigenvalue weighted by Gasteiger charge is 2.43. The van der Waals surface area contributed by atoms with Gasteiger partial charge in [-0.2, -0.15) is 0 Å². The Kier molecular flexibility index (Phi) is 7.90. The van der Waals surface area contributed by atoms with Crippen molar-refractivity contribution >= 4 is 17.7 Å². The summed E-state index contributed by atoms with van der Waals surface area (Å²) in [5.74, 6) is -2.01. The van der Waals surface area contributed by atoms with E-state index in [1.165, 1.54) is 29.8 Å². The van der Waals surface area contributed by atoms with Crippen LogP contribution in [0.1, 0.15) is 40.3 Å². The highest BCUT2D eigenvalue weighted by molar-refractivity contribution is 5.99. The van der Waals surface area contributed by atoms with Crippen LogP contribution in [0.5, 0.6) is 5.75 Å². The van der Waals surface area contributed by atoms with E-state index in [-0.39, 0.29) is 42.6 Å². The monoisotopic (exact) mass is 520 g/mol. The van der Waals surface area contributed by atoms with Gasteiger partial charge >= 0.3 is 0 Å². The van der Waals surface area contributed by atoms with Crippen LogP contribution in [-0.4, -0.2) is 57.9 Å². The smallest absolute Gasteiger partial charge is 0.276 e. The first-order valence-electron chi connectivity index (χ1n) is 12.2. The first-order chi connectivity index (χ1) is 18.2. The summed E-state index contributed by atoms with van der Waals surface area (Å²) in [5.41, 5.74) is 0.559. The molecule has 2 aliphatic heterocycles. The normalized spacial score (nSPS) is 17.1. The Hall–Kier alpha value is -4.47. The molecule has 3 heterocycles. The van der Waals surface area contributed by atoms with Crippen LogP contribution in [0.4, 0.5) is 4.39 Å². The van der Waals surface area contributed by atoms with Crippen molar-refractivity contribution in [3.63, 3.8) is 0 Å². The maximum absolute atomic E-state index is 13.5. The minimum Gasteiger partial charge on any atom is -0.483 e. The summed E-state index contributed by atoms with van der Waals surface area (Å²) in [6.07, 6.45) is 4.59. The molecule has 4 rings (SSSR count). The van der Waals surface area contributed by atoms with Crippen molar-refractivity contribution in [1.82, 2.24) is 19.7 Å². The molecule has 0 bridgehead atoms. The summed E-state index contributed by atoms with van der Waals surface area (Å²) in [6, 6.07) is 9.15. The number of amides is 3. The molecule has 0 saturated carbocycles. The number of allylic oxidation sites excluding steroid dienone is 4. The molecule has 1 aromatic heterocycles. The molecule has 3 amide bonds. The standard InChI is InChI=1S/C28H29FN4O5/c1-4-21(29)11-10-18(2)14-30-27(36)22-15-31-16-23-32(19(3)34)12-13-33(23)28(37)24(31)26(25(22)35)38-17-20-8-6-5-7-9-20/h4-11,15,23H,1,12-14,16-17H2,2-3H3,(H,30,36)/b18-10+,21-11+. The molecule has 0 radical (unpaired) electrons. The van der Waals surface area contributed by atoms with E-state index in [1.54, 1.807) is 16.7 Å². The molecule has 1 atom stereocenters. The molecule has 0 aliphatic carbocycles. The maximum Gasteiger partial charge on any atom is 0.276 e. The Balaban J connectivity index is 1.69. The maximum atomic E-state index is 13.5. The zero-order chi connectivity index (χ0) is 27.4. The molecule has 2 aliphatic rings. The SMILES string of the molecule is C=C/C(F)=C\C=C(/C)CNC(=O)c1cn2c(c(OCc3ccccc3)c1=O)C(=O)N1CCN(C(C)=O)C1C2. The second-order valence-corrected chi connectivity index (χ2v) is 9.12. The largest absolute Gasteiger partial charge is 0.483 e. The van der Waals surface area contributed by atoms with Crippen molar-refractivity contribution in [2.75, 3.05) is 19.6 Å². The van der Waals surface area contributed by atoms with Gasteiger partial charge in [-0.1, -0.05) is 48.6 Å². The lowest BCUT2D eigenvalue weighted by Crippen LogP contribution is -2.51. The second-order valence-electron chi connectivity index (χ2n) is 9.12. The number of ether oxygens (including phenoxy) is 1. The minimum absolute atomic E-state index is 0.0213. The first kappa shape index (κ1) is 26.6. The molecule has 1 saturated heterocycles. The zero-order valence-corrected chi connectivity index (χ0v) is 21.3. The van der Waals surface area contributed by atoms with Crippen LogP contribution in [-0.2, 0) is 17.9 Å². The highest BCUT2D eigenvalue weighted by atomic mass is 19.1. The summed E-state index contributed by atoms with van der Waals surface area (Å²) >= 11 is 0. The summed E-state index contributed by atoms with van der Waals surface area (Å²) in [6.45, 7) is 7.47. The van der Waals surface area contributed by atoms with E-state index in [4.69, 9.17) is 4.74 Å². The zero-order valence-electron chi connectivity index (χ0n) is 21.3. The molecule has 1 fully saturated rings. The van der Waals surface area contributed by atoms with Crippen LogP contribution in [0.25, 0.3) is 0 Å². The van der Waals surface area contributed by atoms with Crippen molar-refractivity contribution in [2.45, 2.75) is 33.2 Å². The number of aromatic nitrogens is 1. The van der Waals surface area contributed by atoms with Gasteiger partial charge in [-0.15, -0.1) is 0 Å². The average Bonchev–Trinajstić information content (AvgIpc) is 3.35. The number of carbonyl (C=O) groups excluding carboxylic acids is 3. The van der Waals surface area contributed by atoms with Crippen molar-refractivity contribution in [3.8, 4) is 5.75 Å². The molecule has 198 valence electrons. The summed E-state index contributed by atoms with van der Waals surface area (Å²) < 4.78 is 20.7. The topological polar surface area (TPSA) is 101 Å². The number of fused-ring (bicyclic) bond motifs is 2. The number of benzene rings is 1. The molecule has 9 nitrogen and oxygen atoms in total. The van der Waals surface area contributed by atoms with Gasteiger partial charge in [-0.25, -0.2) is 4.39 Å². The van der Waals surface area contributed by atoms with E-state index < -0.39 is 29.2 Å². The van der Waals surface area contributed by atoms with Gasteiger partial charge < -0.3 is 24.4 Å². The van der Waals surface area contributed by atoms with Gasteiger partial charge in [0, 0.05) is 32.8 Å². The van der Waals surface area contributed by atoms with Gasteiger partial charge in [0.15, 0.2) is 11.4 Å². The van der Waals surface area contributed by atoms with Gasteiger partial charge in [0.2, 0.25) is 11.3 Å². The van der Waals surface area contributed by atoms with Gasteiger partial charge in [0.25, 0.3) is 11.8 Å². The number of rotatable bonds is 8. The van der Waals surface area contributed by atoms with Crippen LogP contribution >= 0.6 is 0 Å². The predicted molar refractivity (Wildman–Crippen MR) is 139 cm³/mol. The fourth-order valence-electron chi connectivity index (χ4n) is 4.49. The number of nitrogens with zero attached hydrogens (tertiary/aromatic N) is 3. The number of nitrogens with one attached hydrogen (secondary N) is 1. The minimum atomic E-state index is -0.710. The van der Waals surface area contributed by atoms with E-state index in [0.29, 0.717) is 18.7 Å². The molecule has 38 heavy (non-hydrogen) atoms. The number of halogens is 1. The Morgan fingerprint density at radius 2 is 1.89 bits per heavy atom. The van der Waals surface area contributed by atoms with E-state index >= 15 is 0 Å². The quantitative estimate of drug-likeness (QED) is 0.540. The molecular formula is C28H29FN4O5. The lowest BCUT2D eigenvalue weighted by molar-refractivity contribution is -0.131. The summed E-state index contributed by atoms with van der Waals surface area (Å²) in [5, 5.41) is 2.66. The van der Waals surface area contributed by atoms with Crippen molar-refractivity contribution in [1.29, 1.82) is 0 Å². The first-order valence-corrected chi connectivity index (χ1v) is 12.2. The third-order valence-electron chi connectivity index (χ3n) is 6.49. The Morgan fingerprint density at radius 1 is 1.16 bits per heavy atom. The lowest BCUT2D eigenvalue weighted by atomic mass is 10.1. The molecule has 1 aromatic carbocycles. The van der Waals surface area contributed by atoms with Gasteiger partial charge in [0.05, 0.1) is 6.54 Å². The number of pyridine rings is 1. The molecule has 0 spiro atoms. The van der Waals surface area contributed by atoms with E-state index in [2.05, 4.69) is 11.9 Å². The lowest BCUT2D eigenvalue weighted by Gasteiger charge is -2.36. The fourth-order valence-corrected chi connectivity index (χ4v) is 4.49. The van der Waals surface area contributed by atoms with Crippen LogP contribution < -0.4 is 15.5 Å². The molecule has 1 N–H and O–H groups in total. The molecule has 1 unspecified atom stereocenters. The molecule has 2 aromatic rings. The number of hydrogen-bond donors (Lipinski definition) is 1. The van der Waals surface area contributed by atoms with E-state index in [1.807, 2.05) is 30.3 Å². The van der Waals surface area contributed by atoms with Crippen molar-refractivity contribution in [2.24, 2.45) is 0 Å². The Morgan fingerprint density at radius 3 is 2.58 bits per heavy atom. The van der Waals surface area contributed by atoms with Crippen LogP contribution in [0.2, 0.25) is 0 Å². The van der Waals surface area contributed by atoms with E-state index in [0.717, 1.165) is 11.6 Å². The third-order valence-corrected chi connectivity index (χ3v) is 6.49. The molecule has 10 heteroatoms. The Labute approximate surface area is 219 Å². The fraction of sp³-hybridized carbons (Fsp3) is 0.286. The van der Waals surface area contributed by atoms with Gasteiger partial charge in [0.1, 0.15) is 24.2 Å². The average molecular weight is 521 g/mol. The number of hydrogen-bond acceptors (Lipinski definition) is 5. The number of carbonyl (C=O) groups is 3. The van der Waals surface area contributed by atoms with Crippen molar-refractivity contribution in [3.05, 3.63) is 99.8 Å². The van der Waals surface area contributed by atoms with E-state index in [9.17, 15) is 23.6 Å². The summed E-state index contributed by atoms with van der Waals surface area (Å²) in [7, 11) is 0. The molecular weight excluding hydrogens is 491 g/mol. The van der Waals surface area contributed by atoms with Crippen molar-refractivity contribution < 1.29 is 23.5 Å². The predicted octanol–water partition coefficient (Wildman–Crippen LogP) is 2.79. The second kappa shape index (κ2) is 11.3. The van der Waals surface area contributed by atoms with Gasteiger partial charge in [-0.05, 0) is 24.6 Å².